The summed E-state index contributed by atoms with van der Waals surface area (Å²) in [5, 5.41) is 15.2. The van der Waals surface area contributed by atoms with Crippen LogP contribution in [0.15, 0.2) is 0 Å². The number of hydrogen-bond donors (Lipinski definition) is 3. The first-order chi connectivity index (χ1) is 10.2. The number of ether oxygens (including phenoxy) is 1. The molecule has 3 N–H and O–H groups in total. The highest BCUT2D eigenvalue weighted by Gasteiger charge is 2.29. The van der Waals surface area contributed by atoms with Gasteiger partial charge in [0.15, 0.2) is 0 Å². The van der Waals surface area contributed by atoms with Gasteiger partial charge in [-0.1, -0.05) is 19.3 Å². The second-order valence-corrected chi connectivity index (χ2v) is 7.17. The number of carboxylic acids is 1. The molecular weight excluding hydrogens is 284 g/mol. The van der Waals surface area contributed by atoms with Crippen molar-refractivity contribution in [3.8, 4) is 0 Å². The highest BCUT2D eigenvalue weighted by Crippen LogP contribution is 2.26. The molecule has 0 radical (unpaired) electrons. The standard InChI is InChI=1S/C16H30N2O4/c1-11(18-15(21)22-16(2,3)4)10-17-13(14(19)20)12-8-6-5-7-9-12/h11-13,17H,5-10H2,1-4H3,(H,18,21)(H,19,20)/t11-,13-/m0/s1. The molecule has 0 bridgehead atoms. The molecule has 1 fully saturated rings. The van der Waals surface area contributed by atoms with Gasteiger partial charge in [0.1, 0.15) is 11.6 Å². The van der Waals surface area contributed by atoms with Gasteiger partial charge in [-0.05, 0) is 46.5 Å². The third kappa shape index (κ3) is 7.11. The number of nitrogens with one attached hydrogen (secondary N) is 2. The minimum Gasteiger partial charge on any atom is -0.480 e. The highest BCUT2D eigenvalue weighted by atomic mass is 16.6. The predicted molar refractivity (Wildman–Crippen MR) is 84.8 cm³/mol. The minimum absolute atomic E-state index is 0.181. The molecule has 1 aliphatic carbocycles. The van der Waals surface area contributed by atoms with Crippen molar-refractivity contribution in [3.63, 3.8) is 0 Å². The lowest BCUT2D eigenvalue weighted by Gasteiger charge is -2.29. The lowest BCUT2D eigenvalue weighted by Crippen LogP contribution is -2.49. The second-order valence-electron chi connectivity index (χ2n) is 7.17. The van der Waals surface area contributed by atoms with Crippen LogP contribution in [0.2, 0.25) is 0 Å². The molecule has 1 amide bonds. The summed E-state index contributed by atoms with van der Waals surface area (Å²) >= 11 is 0. The zero-order valence-electron chi connectivity index (χ0n) is 14.1. The lowest BCUT2D eigenvalue weighted by molar-refractivity contribution is -0.141. The van der Waals surface area contributed by atoms with Gasteiger partial charge in [-0.2, -0.15) is 0 Å². The third-order valence-corrected chi connectivity index (χ3v) is 3.79. The van der Waals surface area contributed by atoms with E-state index in [-0.39, 0.29) is 12.0 Å². The molecule has 0 aromatic rings. The van der Waals surface area contributed by atoms with Gasteiger partial charge in [-0.3, -0.25) is 4.79 Å². The Balaban J connectivity index is 2.40. The maximum absolute atomic E-state index is 11.7. The van der Waals surface area contributed by atoms with Crippen molar-refractivity contribution in [2.24, 2.45) is 5.92 Å². The summed E-state index contributed by atoms with van der Waals surface area (Å²) in [6, 6.07) is -0.733. The van der Waals surface area contributed by atoms with Gasteiger partial charge in [0.25, 0.3) is 0 Å². The number of aliphatic carboxylic acids is 1. The Hall–Kier alpha value is -1.30. The number of amides is 1. The molecule has 0 spiro atoms. The first kappa shape index (κ1) is 18.7. The van der Waals surface area contributed by atoms with E-state index in [1.165, 1.54) is 6.42 Å². The maximum atomic E-state index is 11.7. The first-order valence-corrected chi connectivity index (χ1v) is 8.15. The molecule has 1 rings (SSSR count). The fourth-order valence-corrected chi connectivity index (χ4v) is 2.79. The molecule has 6 heteroatoms. The summed E-state index contributed by atoms with van der Waals surface area (Å²) in [6.45, 7) is 7.65. The van der Waals surface area contributed by atoms with Crippen LogP contribution in [0.1, 0.15) is 59.8 Å². The summed E-state index contributed by atoms with van der Waals surface area (Å²) in [4.78, 5) is 23.1. The van der Waals surface area contributed by atoms with Crippen LogP contribution in [0.3, 0.4) is 0 Å². The molecule has 6 nitrogen and oxygen atoms in total. The van der Waals surface area contributed by atoms with Crippen LogP contribution >= 0.6 is 0 Å². The molecule has 22 heavy (non-hydrogen) atoms. The van der Waals surface area contributed by atoms with E-state index in [0.29, 0.717) is 6.54 Å². The van der Waals surface area contributed by atoms with E-state index in [1.807, 2.05) is 6.92 Å². The zero-order chi connectivity index (χ0) is 16.8. The third-order valence-electron chi connectivity index (χ3n) is 3.79. The van der Waals surface area contributed by atoms with Crippen molar-refractivity contribution in [1.82, 2.24) is 10.6 Å². The highest BCUT2D eigenvalue weighted by molar-refractivity contribution is 5.74. The molecule has 1 saturated carbocycles. The minimum atomic E-state index is -0.809. The molecule has 0 saturated heterocycles. The van der Waals surface area contributed by atoms with E-state index in [4.69, 9.17) is 4.74 Å². The Labute approximate surface area is 133 Å². The van der Waals surface area contributed by atoms with Gasteiger partial charge >= 0.3 is 12.1 Å². The van der Waals surface area contributed by atoms with Crippen molar-refractivity contribution >= 4 is 12.1 Å². The number of carboxylic acid groups (broad SMARTS) is 1. The molecule has 0 aromatic heterocycles. The van der Waals surface area contributed by atoms with Gasteiger partial charge in [0.2, 0.25) is 0 Å². The number of rotatable bonds is 6. The fraction of sp³-hybridized carbons (Fsp3) is 0.875. The number of alkyl carbamates (subject to hydrolysis) is 1. The second kappa shape index (κ2) is 8.36. The Morgan fingerprint density at radius 3 is 2.32 bits per heavy atom. The van der Waals surface area contributed by atoms with E-state index in [2.05, 4.69) is 10.6 Å². The summed E-state index contributed by atoms with van der Waals surface area (Å²) in [5.74, 6) is -0.628. The zero-order valence-corrected chi connectivity index (χ0v) is 14.1. The summed E-state index contributed by atoms with van der Waals surface area (Å²) in [5.41, 5.74) is -0.539. The van der Waals surface area contributed by atoms with Crippen molar-refractivity contribution in [2.45, 2.75) is 77.5 Å². The Morgan fingerprint density at radius 1 is 1.23 bits per heavy atom. The average molecular weight is 314 g/mol. The SMILES string of the molecule is C[C@@H](CN[C@H](C(=O)O)C1CCCCC1)NC(=O)OC(C)(C)C. The summed E-state index contributed by atoms with van der Waals surface area (Å²) in [7, 11) is 0. The van der Waals surface area contributed by atoms with Crippen LogP contribution in [0, 0.1) is 5.92 Å². The lowest BCUT2D eigenvalue weighted by atomic mass is 9.84. The van der Waals surface area contributed by atoms with Crippen LogP contribution in [0.25, 0.3) is 0 Å². The Kier molecular flexibility index (Phi) is 7.13. The van der Waals surface area contributed by atoms with Gasteiger partial charge in [-0.25, -0.2) is 4.79 Å². The monoisotopic (exact) mass is 314 g/mol. The predicted octanol–water partition coefficient (Wildman–Crippen LogP) is 2.52. The van der Waals surface area contributed by atoms with Crippen molar-refractivity contribution < 1.29 is 19.4 Å². The van der Waals surface area contributed by atoms with E-state index >= 15 is 0 Å². The number of carbonyl (C=O) groups excluding carboxylic acids is 1. The molecule has 1 aliphatic rings. The van der Waals surface area contributed by atoms with Crippen molar-refractivity contribution in [2.75, 3.05) is 6.54 Å². The molecular formula is C16H30N2O4. The van der Waals surface area contributed by atoms with E-state index in [9.17, 15) is 14.7 Å². The van der Waals surface area contributed by atoms with Crippen LogP contribution in [0.5, 0.6) is 0 Å². The molecule has 0 unspecified atom stereocenters. The van der Waals surface area contributed by atoms with Gasteiger partial charge < -0.3 is 20.5 Å². The van der Waals surface area contributed by atoms with E-state index in [0.717, 1.165) is 25.7 Å². The molecule has 0 aromatic carbocycles. The Morgan fingerprint density at radius 2 is 1.82 bits per heavy atom. The normalized spacial score (nSPS) is 19.3. The van der Waals surface area contributed by atoms with Gasteiger partial charge in [0.05, 0.1) is 0 Å². The quantitative estimate of drug-likeness (QED) is 0.701. The number of carbonyl (C=O) groups is 2. The average Bonchev–Trinajstić information content (AvgIpc) is 2.37. The molecule has 2 atom stereocenters. The summed E-state index contributed by atoms with van der Waals surface area (Å²) < 4.78 is 5.18. The topological polar surface area (TPSA) is 87.7 Å². The van der Waals surface area contributed by atoms with Crippen LogP contribution in [0.4, 0.5) is 4.79 Å². The van der Waals surface area contributed by atoms with Gasteiger partial charge in [-0.15, -0.1) is 0 Å². The van der Waals surface area contributed by atoms with Crippen molar-refractivity contribution in [3.05, 3.63) is 0 Å². The fourth-order valence-electron chi connectivity index (χ4n) is 2.79. The van der Waals surface area contributed by atoms with Crippen LogP contribution < -0.4 is 10.6 Å². The maximum Gasteiger partial charge on any atom is 0.407 e. The number of hydrogen-bond acceptors (Lipinski definition) is 4. The first-order valence-electron chi connectivity index (χ1n) is 8.15. The van der Waals surface area contributed by atoms with Crippen LogP contribution in [-0.4, -0.2) is 41.4 Å². The molecule has 128 valence electrons. The summed E-state index contributed by atoms with van der Waals surface area (Å²) in [6.07, 6.45) is 4.82. The Bertz CT molecular complexity index is 373. The molecule has 0 aliphatic heterocycles. The van der Waals surface area contributed by atoms with Crippen molar-refractivity contribution in [1.29, 1.82) is 0 Å². The van der Waals surface area contributed by atoms with E-state index < -0.39 is 23.7 Å². The van der Waals surface area contributed by atoms with E-state index in [1.54, 1.807) is 20.8 Å². The molecule has 0 heterocycles. The smallest absolute Gasteiger partial charge is 0.407 e. The largest absolute Gasteiger partial charge is 0.480 e. The van der Waals surface area contributed by atoms with Gasteiger partial charge in [0, 0.05) is 12.6 Å². The van der Waals surface area contributed by atoms with Crippen LogP contribution in [-0.2, 0) is 9.53 Å².